The Balaban J connectivity index is 1.61. The minimum atomic E-state index is -0.0725. The standard InChI is InChI=1S/C19H19N5O3S/c1-2-3-18(27)20-14-6-4-13(5-7-14)17(26)12-28-19-21-22-23-24(19)15-8-10-16(25)11-9-15/h4-11,25H,2-3,12H2,1H3,(H,20,27). The van der Waals surface area contributed by atoms with E-state index in [0.29, 0.717) is 28.5 Å². The molecular weight excluding hydrogens is 378 g/mol. The van der Waals surface area contributed by atoms with Crippen molar-refractivity contribution in [2.24, 2.45) is 0 Å². The number of hydrogen-bond donors (Lipinski definition) is 2. The molecule has 1 amide bonds. The Morgan fingerprint density at radius 2 is 1.82 bits per heavy atom. The summed E-state index contributed by atoms with van der Waals surface area (Å²) in [6.07, 6.45) is 1.25. The first-order valence-electron chi connectivity index (χ1n) is 8.70. The molecule has 9 heteroatoms. The maximum absolute atomic E-state index is 12.4. The van der Waals surface area contributed by atoms with Crippen molar-refractivity contribution in [2.75, 3.05) is 11.1 Å². The number of aromatic hydroxyl groups is 1. The van der Waals surface area contributed by atoms with Crippen LogP contribution in [-0.4, -0.2) is 42.8 Å². The zero-order valence-electron chi connectivity index (χ0n) is 15.2. The number of rotatable bonds is 8. The van der Waals surface area contributed by atoms with E-state index in [2.05, 4.69) is 20.8 Å². The summed E-state index contributed by atoms with van der Waals surface area (Å²) in [5.41, 5.74) is 1.90. The van der Waals surface area contributed by atoms with Gasteiger partial charge in [-0.15, -0.1) is 5.10 Å². The molecule has 3 aromatic rings. The van der Waals surface area contributed by atoms with E-state index in [4.69, 9.17) is 0 Å². The van der Waals surface area contributed by atoms with Gasteiger partial charge >= 0.3 is 0 Å². The van der Waals surface area contributed by atoms with Gasteiger partial charge in [0.2, 0.25) is 11.1 Å². The monoisotopic (exact) mass is 397 g/mol. The molecule has 0 fully saturated rings. The van der Waals surface area contributed by atoms with E-state index < -0.39 is 0 Å². The first-order chi connectivity index (χ1) is 13.6. The van der Waals surface area contributed by atoms with Gasteiger partial charge in [-0.05, 0) is 65.4 Å². The molecule has 0 spiro atoms. The highest BCUT2D eigenvalue weighted by Crippen LogP contribution is 2.21. The van der Waals surface area contributed by atoms with Crippen molar-refractivity contribution in [3.63, 3.8) is 0 Å². The van der Waals surface area contributed by atoms with Crippen LogP contribution in [0.1, 0.15) is 30.1 Å². The predicted molar refractivity (Wildman–Crippen MR) is 106 cm³/mol. The first kappa shape index (κ1) is 19.6. The molecular formula is C19H19N5O3S. The van der Waals surface area contributed by atoms with Crippen molar-refractivity contribution in [3.05, 3.63) is 54.1 Å². The van der Waals surface area contributed by atoms with Crippen molar-refractivity contribution in [1.82, 2.24) is 20.2 Å². The quantitative estimate of drug-likeness (QED) is 0.444. The van der Waals surface area contributed by atoms with Gasteiger partial charge in [0, 0.05) is 17.7 Å². The van der Waals surface area contributed by atoms with Crippen LogP contribution in [-0.2, 0) is 4.79 Å². The van der Waals surface area contributed by atoms with Gasteiger partial charge in [0.1, 0.15) is 5.75 Å². The predicted octanol–water partition coefficient (Wildman–Crippen LogP) is 3.08. The molecule has 8 nitrogen and oxygen atoms in total. The van der Waals surface area contributed by atoms with E-state index in [1.165, 1.54) is 28.6 Å². The normalized spacial score (nSPS) is 10.6. The fourth-order valence-electron chi connectivity index (χ4n) is 2.43. The summed E-state index contributed by atoms with van der Waals surface area (Å²) in [6.45, 7) is 1.94. The fourth-order valence-corrected chi connectivity index (χ4v) is 3.21. The van der Waals surface area contributed by atoms with Crippen LogP contribution < -0.4 is 5.32 Å². The van der Waals surface area contributed by atoms with E-state index in [9.17, 15) is 14.7 Å². The summed E-state index contributed by atoms with van der Waals surface area (Å²) in [4.78, 5) is 24.1. The van der Waals surface area contributed by atoms with Crippen LogP contribution >= 0.6 is 11.8 Å². The molecule has 28 heavy (non-hydrogen) atoms. The number of phenols is 1. The molecule has 0 aliphatic rings. The topological polar surface area (TPSA) is 110 Å². The van der Waals surface area contributed by atoms with E-state index in [0.717, 1.165) is 6.42 Å². The van der Waals surface area contributed by atoms with Crippen molar-refractivity contribution in [1.29, 1.82) is 0 Å². The average molecular weight is 397 g/mol. The van der Waals surface area contributed by atoms with Gasteiger partial charge in [-0.1, -0.05) is 18.7 Å². The number of tetrazole rings is 1. The Hall–Kier alpha value is -3.20. The summed E-state index contributed by atoms with van der Waals surface area (Å²) < 4.78 is 1.50. The average Bonchev–Trinajstić information content (AvgIpc) is 3.16. The number of nitrogens with one attached hydrogen (secondary N) is 1. The number of amides is 1. The van der Waals surface area contributed by atoms with Gasteiger partial charge in [-0.3, -0.25) is 9.59 Å². The van der Waals surface area contributed by atoms with E-state index in [1.807, 2.05) is 6.92 Å². The maximum atomic E-state index is 12.4. The molecule has 144 valence electrons. The SMILES string of the molecule is CCCC(=O)Nc1ccc(C(=O)CSc2nnnn2-c2ccc(O)cc2)cc1. The van der Waals surface area contributed by atoms with E-state index in [-0.39, 0.29) is 23.2 Å². The number of Topliss-reactive ketones (excluding diaryl/α,β-unsaturated/α-hetero) is 1. The Morgan fingerprint density at radius 1 is 1.11 bits per heavy atom. The lowest BCUT2D eigenvalue weighted by molar-refractivity contribution is -0.116. The molecule has 2 aromatic carbocycles. The smallest absolute Gasteiger partial charge is 0.224 e. The summed E-state index contributed by atoms with van der Waals surface area (Å²) >= 11 is 1.22. The van der Waals surface area contributed by atoms with Gasteiger partial charge in [-0.2, -0.15) is 4.68 Å². The van der Waals surface area contributed by atoms with Crippen molar-refractivity contribution in [2.45, 2.75) is 24.9 Å². The first-order valence-corrected chi connectivity index (χ1v) is 9.69. The number of nitrogens with zero attached hydrogens (tertiary/aromatic N) is 4. The van der Waals surface area contributed by atoms with Crippen LogP contribution in [0.4, 0.5) is 5.69 Å². The molecule has 0 saturated heterocycles. The number of carbonyl (C=O) groups is 2. The highest BCUT2D eigenvalue weighted by atomic mass is 32.2. The number of aromatic nitrogens is 4. The highest BCUT2D eigenvalue weighted by molar-refractivity contribution is 7.99. The second-order valence-corrected chi connectivity index (χ2v) is 6.92. The van der Waals surface area contributed by atoms with Crippen LogP contribution in [0.3, 0.4) is 0 Å². The van der Waals surface area contributed by atoms with Crippen LogP contribution in [0.5, 0.6) is 5.75 Å². The molecule has 2 N–H and O–H groups in total. The molecule has 0 radical (unpaired) electrons. The van der Waals surface area contributed by atoms with Gasteiger partial charge in [-0.25, -0.2) is 0 Å². The molecule has 0 bridgehead atoms. The van der Waals surface area contributed by atoms with Crippen molar-refractivity contribution >= 4 is 29.1 Å². The Morgan fingerprint density at radius 3 is 2.50 bits per heavy atom. The number of hydrogen-bond acceptors (Lipinski definition) is 7. The Labute approximate surface area is 166 Å². The summed E-state index contributed by atoms with van der Waals surface area (Å²) in [6, 6.07) is 13.2. The largest absolute Gasteiger partial charge is 0.508 e. The summed E-state index contributed by atoms with van der Waals surface area (Å²) in [5.74, 6) is 0.199. The number of thioether (sulfide) groups is 1. The lowest BCUT2D eigenvalue weighted by Crippen LogP contribution is -2.11. The second kappa shape index (κ2) is 9.14. The number of ketones is 1. The van der Waals surface area contributed by atoms with Crippen LogP contribution in [0.25, 0.3) is 5.69 Å². The Bertz CT molecular complexity index is 954. The molecule has 1 aromatic heterocycles. The number of benzene rings is 2. The zero-order chi connectivity index (χ0) is 19.9. The van der Waals surface area contributed by atoms with Crippen LogP contribution in [0, 0.1) is 0 Å². The molecule has 1 heterocycles. The minimum absolute atomic E-state index is 0.0433. The molecule has 0 unspecified atom stereocenters. The zero-order valence-corrected chi connectivity index (χ0v) is 16.0. The minimum Gasteiger partial charge on any atom is -0.508 e. The molecule has 3 rings (SSSR count). The van der Waals surface area contributed by atoms with Gasteiger partial charge < -0.3 is 10.4 Å². The van der Waals surface area contributed by atoms with Gasteiger partial charge in [0.15, 0.2) is 5.78 Å². The highest BCUT2D eigenvalue weighted by Gasteiger charge is 2.13. The van der Waals surface area contributed by atoms with E-state index >= 15 is 0 Å². The fraction of sp³-hybridized carbons (Fsp3) is 0.211. The summed E-state index contributed by atoms with van der Waals surface area (Å²) in [5, 5.41) is 24.2. The lowest BCUT2D eigenvalue weighted by Gasteiger charge is -2.06. The third kappa shape index (κ3) is 4.95. The molecule has 0 atom stereocenters. The number of carbonyl (C=O) groups excluding carboxylic acids is 2. The number of anilines is 1. The van der Waals surface area contributed by atoms with Gasteiger partial charge in [0.05, 0.1) is 11.4 Å². The Kier molecular flexibility index (Phi) is 6.38. The third-order valence-corrected chi connectivity index (χ3v) is 4.75. The van der Waals surface area contributed by atoms with Crippen molar-refractivity contribution < 1.29 is 14.7 Å². The maximum Gasteiger partial charge on any atom is 0.224 e. The number of phenolic OH excluding ortho intramolecular Hbond substituents is 1. The molecule has 0 saturated carbocycles. The second-order valence-electron chi connectivity index (χ2n) is 5.98. The van der Waals surface area contributed by atoms with Crippen LogP contribution in [0.2, 0.25) is 0 Å². The third-order valence-electron chi connectivity index (χ3n) is 3.84. The lowest BCUT2D eigenvalue weighted by atomic mass is 10.1. The van der Waals surface area contributed by atoms with Crippen molar-refractivity contribution in [3.8, 4) is 11.4 Å². The molecule has 0 aliphatic carbocycles. The van der Waals surface area contributed by atoms with Gasteiger partial charge in [0.25, 0.3) is 0 Å². The van der Waals surface area contributed by atoms with Crippen LogP contribution in [0.15, 0.2) is 53.7 Å². The van der Waals surface area contributed by atoms with E-state index in [1.54, 1.807) is 36.4 Å². The molecule has 0 aliphatic heterocycles. The summed E-state index contributed by atoms with van der Waals surface area (Å²) in [7, 11) is 0.